The molecule has 3 rings (SSSR count). The number of benzene rings is 1. The van der Waals surface area contributed by atoms with Crippen molar-refractivity contribution in [2.45, 2.75) is 45.3 Å². The fourth-order valence-corrected chi connectivity index (χ4v) is 3.46. The molecular formula is C21H26N2O4. The molecule has 0 fully saturated rings. The summed E-state index contributed by atoms with van der Waals surface area (Å²) in [6.45, 7) is 6.14. The van der Waals surface area contributed by atoms with E-state index in [-0.39, 0.29) is 12.1 Å². The molecule has 2 heterocycles. The monoisotopic (exact) mass is 370 g/mol. The van der Waals surface area contributed by atoms with Crippen LogP contribution in [-0.2, 0) is 20.7 Å². The molecule has 1 unspecified atom stereocenters. The van der Waals surface area contributed by atoms with E-state index < -0.39 is 11.6 Å². The van der Waals surface area contributed by atoms with Gasteiger partial charge in [0.25, 0.3) is 0 Å². The van der Waals surface area contributed by atoms with Crippen LogP contribution in [0.5, 0.6) is 0 Å². The first kappa shape index (κ1) is 19.0. The van der Waals surface area contributed by atoms with Crippen molar-refractivity contribution in [1.29, 1.82) is 0 Å². The second-order valence-electron chi connectivity index (χ2n) is 7.66. The van der Waals surface area contributed by atoms with Crippen LogP contribution in [0.4, 0.5) is 4.79 Å². The average Bonchev–Trinajstić information content (AvgIpc) is 2.99. The normalized spacial score (nSPS) is 17.2. The lowest BCUT2D eigenvalue weighted by Crippen LogP contribution is -2.43. The quantitative estimate of drug-likeness (QED) is 0.652. The van der Waals surface area contributed by atoms with Crippen molar-refractivity contribution in [3.8, 4) is 0 Å². The fraction of sp³-hybridized carbons (Fsp3) is 0.429. The Kier molecular flexibility index (Phi) is 5.26. The number of nitrogens with one attached hydrogen (secondary N) is 1. The standard InChI is InChI=1S/C21H26N2O4/c1-21(2,3)27-20(25)23-13-12-15-14-8-5-6-9-16(14)22-19(15)17(23)10-7-11-18(24)26-4/h5-9,11,17,22H,10,12-13H2,1-4H3/b11-7-. The zero-order valence-corrected chi connectivity index (χ0v) is 16.2. The number of amides is 1. The van der Waals surface area contributed by atoms with Gasteiger partial charge in [0.1, 0.15) is 5.60 Å². The van der Waals surface area contributed by atoms with Crippen molar-refractivity contribution >= 4 is 23.0 Å². The van der Waals surface area contributed by atoms with E-state index in [1.165, 1.54) is 24.1 Å². The summed E-state index contributed by atoms with van der Waals surface area (Å²) in [4.78, 5) is 29.4. The number of H-pyrrole nitrogens is 1. The van der Waals surface area contributed by atoms with Crippen LogP contribution in [-0.4, -0.2) is 41.2 Å². The summed E-state index contributed by atoms with van der Waals surface area (Å²) in [5, 5.41) is 1.18. The van der Waals surface area contributed by atoms with Crippen LogP contribution in [0.15, 0.2) is 36.4 Å². The van der Waals surface area contributed by atoms with Gasteiger partial charge in [-0.2, -0.15) is 0 Å². The molecule has 0 bridgehead atoms. The molecule has 0 radical (unpaired) electrons. The van der Waals surface area contributed by atoms with Gasteiger partial charge in [0, 0.05) is 29.2 Å². The summed E-state index contributed by atoms with van der Waals surface area (Å²) in [6, 6.07) is 7.91. The summed E-state index contributed by atoms with van der Waals surface area (Å²) < 4.78 is 10.3. The molecular weight excluding hydrogens is 344 g/mol. The molecule has 0 aliphatic carbocycles. The van der Waals surface area contributed by atoms with E-state index in [1.807, 2.05) is 39.0 Å². The number of methoxy groups -OCH3 is 1. The Morgan fingerprint density at radius 3 is 2.74 bits per heavy atom. The molecule has 2 aromatic rings. The van der Waals surface area contributed by atoms with Gasteiger partial charge in [0.05, 0.1) is 13.2 Å². The molecule has 1 aromatic heterocycles. The van der Waals surface area contributed by atoms with E-state index in [4.69, 9.17) is 4.74 Å². The summed E-state index contributed by atoms with van der Waals surface area (Å²) in [6.07, 6.45) is 4.05. The highest BCUT2D eigenvalue weighted by Crippen LogP contribution is 2.37. The Labute approximate surface area is 159 Å². The van der Waals surface area contributed by atoms with Crippen LogP contribution in [0.1, 0.15) is 44.5 Å². The second kappa shape index (κ2) is 7.47. The van der Waals surface area contributed by atoms with Gasteiger partial charge in [-0.3, -0.25) is 4.90 Å². The van der Waals surface area contributed by atoms with Gasteiger partial charge in [-0.05, 0) is 45.2 Å². The van der Waals surface area contributed by atoms with Crippen LogP contribution in [0.3, 0.4) is 0 Å². The summed E-state index contributed by atoms with van der Waals surface area (Å²) in [7, 11) is 1.34. The number of carbonyl (C=O) groups is 2. The molecule has 144 valence electrons. The minimum Gasteiger partial charge on any atom is -0.466 e. The van der Waals surface area contributed by atoms with E-state index in [1.54, 1.807) is 11.0 Å². The van der Waals surface area contributed by atoms with E-state index in [2.05, 4.69) is 15.8 Å². The Balaban J connectivity index is 1.95. The topological polar surface area (TPSA) is 71.6 Å². The van der Waals surface area contributed by atoms with Crippen LogP contribution >= 0.6 is 0 Å². The second-order valence-corrected chi connectivity index (χ2v) is 7.66. The van der Waals surface area contributed by atoms with E-state index in [0.29, 0.717) is 13.0 Å². The van der Waals surface area contributed by atoms with Crippen molar-refractivity contribution in [1.82, 2.24) is 9.88 Å². The Hall–Kier alpha value is -2.76. The molecule has 0 spiro atoms. The molecule has 1 aromatic carbocycles. The first-order valence-corrected chi connectivity index (χ1v) is 9.13. The Morgan fingerprint density at radius 2 is 2.04 bits per heavy atom. The molecule has 1 aliphatic rings. The van der Waals surface area contributed by atoms with Crippen molar-refractivity contribution < 1.29 is 19.1 Å². The number of fused-ring (bicyclic) bond motifs is 3. The minimum absolute atomic E-state index is 0.225. The van der Waals surface area contributed by atoms with Gasteiger partial charge < -0.3 is 14.5 Å². The van der Waals surface area contributed by atoms with Crippen molar-refractivity contribution in [3.05, 3.63) is 47.7 Å². The molecule has 6 nitrogen and oxygen atoms in total. The summed E-state index contributed by atoms with van der Waals surface area (Å²) in [5.41, 5.74) is 2.71. The Morgan fingerprint density at radius 1 is 1.30 bits per heavy atom. The highest BCUT2D eigenvalue weighted by molar-refractivity contribution is 5.86. The molecule has 27 heavy (non-hydrogen) atoms. The maximum atomic E-state index is 12.8. The van der Waals surface area contributed by atoms with Crippen molar-refractivity contribution in [3.63, 3.8) is 0 Å². The van der Waals surface area contributed by atoms with Gasteiger partial charge in [-0.1, -0.05) is 24.3 Å². The predicted molar refractivity (Wildman–Crippen MR) is 103 cm³/mol. The zero-order valence-electron chi connectivity index (χ0n) is 16.2. The lowest BCUT2D eigenvalue weighted by Gasteiger charge is -2.36. The third-order valence-electron chi connectivity index (χ3n) is 4.60. The maximum absolute atomic E-state index is 12.8. The number of nitrogens with zero attached hydrogens (tertiary/aromatic N) is 1. The zero-order chi connectivity index (χ0) is 19.6. The number of aromatic amines is 1. The summed E-state index contributed by atoms with van der Waals surface area (Å²) >= 11 is 0. The number of ether oxygens (including phenoxy) is 2. The third-order valence-corrected chi connectivity index (χ3v) is 4.60. The highest BCUT2D eigenvalue weighted by Gasteiger charge is 2.35. The molecule has 1 N–H and O–H groups in total. The van der Waals surface area contributed by atoms with Crippen LogP contribution in [0.2, 0.25) is 0 Å². The molecule has 6 heteroatoms. The lowest BCUT2D eigenvalue weighted by molar-refractivity contribution is -0.134. The maximum Gasteiger partial charge on any atom is 0.410 e. The van der Waals surface area contributed by atoms with Gasteiger partial charge in [-0.15, -0.1) is 0 Å². The van der Waals surface area contributed by atoms with Gasteiger partial charge in [0.15, 0.2) is 0 Å². The van der Waals surface area contributed by atoms with E-state index >= 15 is 0 Å². The van der Waals surface area contributed by atoms with Crippen LogP contribution in [0.25, 0.3) is 10.9 Å². The van der Waals surface area contributed by atoms with E-state index in [0.717, 1.165) is 17.6 Å². The van der Waals surface area contributed by atoms with Gasteiger partial charge >= 0.3 is 12.1 Å². The Bertz CT molecular complexity index is 876. The van der Waals surface area contributed by atoms with E-state index in [9.17, 15) is 9.59 Å². The average molecular weight is 370 g/mol. The first-order chi connectivity index (χ1) is 12.8. The number of esters is 1. The lowest BCUT2D eigenvalue weighted by atomic mass is 9.95. The van der Waals surface area contributed by atoms with Crippen molar-refractivity contribution in [2.24, 2.45) is 0 Å². The van der Waals surface area contributed by atoms with Crippen LogP contribution in [0, 0.1) is 0 Å². The number of hydrogen-bond donors (Lipinski definition) is 1. The van der Waals surface area contributed by atoms with Crippen molar-refractivity contribution in [2.75, 3.05) is 13.7 Å². The minimum atomic E-state index is -0.565. The van der Waals surface area contributed by atoms with Gasteiger partial charge in [0.2, 0.25) is 0 Å². The fourth-order valence-electron chi connectivity index (χ4n) is 3.46. The SMILES string of the molecule is COC(=O)/C=C\CC1c2[nH]c3ccccc3c2CCN1C(=O)OC(C)(C)C. The number of aromatic nitrogens is 1. The molecule has 0 saturated heterocycles. The largest absolute Gasteiger partial charge is 0.466 e. The number of hydrogen-bond acceptors (Lipinski definition) is 4. The smallest absolute Gasteiger partial charge is 0.410 e. The number of rotatable bonds is 3. The molecule has 1 atom stereocenters. The number of para-hydroxylation sites is 1. The molecule has 0 saturated carbocycles. The van der Waals surface area contributed by atoms with Crippen LogP contribution < -0.4 is 0 Å². The highest BCUT2D eigenvalue weighted by atomic mass is 16.6. The molecule has 1 aliphatic heterocycles. The summed E-state index contributed by atoms with van der Waals surface area (Å²) in [5.74, 6) is -0.411. The number of carbonyl (C=O) groups excluding carboxylic acids is 2. The molecule has 1 amide bonds. The third kappa shape index (κ3) is 4.15. The first-order valence-electron chi connectivity index (χ1n) is 9.13. The predicted octanol–water partition coefficient (Wildman–Crippen LogP) is 4.12. The van der Waals surface area contributed by atoms with Gasteiger partial charge in [-0.25, -0.2) is 9.59 Å².